The lowest BCUT2D eigenvalue weighted by Gasteiger charge is -2.03. The average Bonchev–Trinajstić information content (AvgIpc) is 2.96. The number of benzene rings is 1. The number of nitrogens with zero attached hydrogens (tertiary/aromatic N) is 1. The standard InChI is InChI=1S/C16H19N3O3S/c1-11(20)18-13-5-3-12(4-6-13)16-19-14(10-23-16)9-15(21)17-7-8-22-2/h3-6,10H,7-9H2,1-2H3,(H,17,21)(H,18,20). The topological polar surface area (TPSA) is 80.3 Å². The maximum atomic E-state index is 11.7. The van der Waals surface area contributed by atoms with Crippen molar-refractivity contribution >= 4 is 28.8 Å². The van der Waals surface area contributed by atoms with Crippen molar-refractivity contribution < 1.29 is 14.3 Å². The third-order valence-corrected chi connectivity index (χ3v) is 3.91. The molecule has 0 radical (unpaired) electrons. The van der Waals surface area contributed by atoms with Crippen molar-refractivity contribution in [2.45, 2.75) is 13.3 Å². The maximum Gasteiger partial charge on any atom is 0.226 e. The molecule has 2 aromatic rings. The molecule has 2 N–H and O–H groups in total. The zero-order valence-corrected chi connectivity index (χ0v) is 13.9. The predicted octanol–water partition coefficient (Wildman–Crippen LogP) is 2.07. The molecule has 0 unspecified atom stereocenters. The summed E-state index contributed by atoms with van der Waals surface area (Å²) in [6.45, 7) is 2.46. The molecule has 2 rings (SSSR count). The summed E-state index contributed by atoms with van der Waals surface area (Å²) in [5, 5.41) is 8.22. The van der Waals surface area contributed by atoms with Gasteiger partial charge in [-0.05, 0) is 24.3 Å². The normalized spacial score (nSPS) is 10.3. The first-order valence-corrected chi connectivity index (χ1v) is 8.04. The molecule has 2 amide bonds. The Labute approximate surface area is 138 Å². The lowest BCUT2D eigenvalue weighted by atomic mass is 10.2. The largest absolute Gasteiger partial charge is 0.383 e. The zero-order valence-electron chi connectivity index (χ0n) is 13.1. The van der Waals surface area contributed by atoms with Crippen LogP contribution in [0, 0.1) is 0 Å². The predicted molar refractivity (Wildman–Crippen MR) is 90.4 cm³/mol. The molecule has 1 aromatic heterocycles. The Morgan fingerprint density at radius 1 is 1.26 bits per heavy atom. The quantitative estimate of drug-likeness (QED) is 0.760. The number of hydrogen-bond donors (Lipinski definition) is 2. The van der Waals surface area contributed by atoms with Crippen molar-refractivity contribution in [2.75, 3.05) is 25.6 Å². The summed E-state index contributed by atoms with van der Waals surface area (Å²) >= 11 is 1.49. The summed E-state index contributed by atoms with van der Waals surface area (Å²) in [6, 6.07) is 7.45. The van der Waals surface area contributed by atoms with Gasteiger partial charge in [0.25, 0.3) is 0 Å². The molecule has 0 bridgehead atoms. The van der Waals surface area contributed by atoms with E-state index in [1.807, 2.05) is 29.6 Å². The van der Waals surface area contributed by atoms with Crippen LogP contribution in [0.15, 0.2) is 29.6 Å². The first-order chi connectivity index (χ1) is 11.1. The number of aromatic nitrogens is 1. The van der Waals surface area contributed by atoms with Crippen LogP contribution in [-0.4, -0.2) is 37.1 Å². The molecule has 0 fully saturated rings. The number of rotatable bonds is 7. The van der Waals surface area contributed by atoms with Gasteiger partial charge in [0, 0.05) is 37.2 Å². The Kier molecular flexibility index (Phi) is 6.25. The molecule has 0 aliphatic rings. The summed E-state index contributed by atoms with van der Waals surface area (Å²) in [5.74, 6) is -0.173. The lowest BCUT2D eigenvalue weighted by molar-refractivity contribution is -0.120. The smallest absolute Gasteiger partial charge is 0.226 e. The van der Waals surface area contributed by atoms with E-state index in [2.05, 4.69) is 15.6 Å². The van der Waals surface area contributed by atoms with Gasteiger partial charge in [0.15, 0.2) is 0 Å². The summed E-state index contributed by atoms with van der Waals surface area (Å²) in [6.07, 6.45) is 0.254. The highest BCUT2D eigenvalue weighted by atomic mass is 32.1. The first-order valence-electron chi connectivity index (χ1n) is 7.16. The van der Waals surface area contributed by atoms with Crippen molar-refractivity contribution in [3.8, 4) is 10.6 Å². The van der Waals surface area contributed by atoms with Gasteiger partial charge < -0.3 is 15.4 Å². The molecule has 0 aliphatic carbocycles. The third kappa shape index (κ3) is 5.46. The first kappa shape index (κ1) is 17.1. The number of amides is 2. The molecule has 6 nitrogen and oxygen atoms in total. The summed E-state index contributed by atoms with van der Waals surface area (Å²) < 4.78 is 4.88. The van der Waals surface area contributed by atoms with Crippen LogP contribution < -0.4 is 10.6 Å². The number of anilines is 1. The summed E-state index contributed by atoms with van der Waals surface area (Å²) in [5.41, 5.74) is 2.44. The summed E-state index contributed by atoms with van der Waals surface area (Å²) in [4.78, 5) is 27.2. The molecule has 0 atom stereocenters. The van der Waals surface area contributed by atoms with E-state index in [0.29, 0.717) is 13.2 Å². The molecular formula is C16H19N3O3S. The monoisotopic (exact) mass is 333 g/mol. The maximum absolute atomic E-state index is 11.7. The van der Waals surface area contributed by atoms with Crippen LogP contribution >= 0.6 is 11.3 Å². The SMILES string of the molecule is COCCNC(=O)Cc1csc(-c2ccc(NC(C)=O)cc2)n1. The van der Waals surface area contributed by atoms with E-state index in [1.165, 1.54) is 18.3 Å². The van der Waals surface area contributed by atoms with Crippen LogP contribution in [0.2, 0.25) is 0 Å². The summed E-state index contributed by atoms with van der Waals surface area (Å²) in [7, 11) is 1.59. The minimum atomic E-state index is -0.103. The van der Waals surface area contributed by atoms with Gasteiger partial charge in [0.2, 0.25) is 11.8 Å². The molecule has 1 heterocycles. The fourth-order valence-electron chi connectivity index (χ4n) is 1.94. The lowest BCUT2D eigenvalue weighted by Crippen LogP contribution is -2.28. The van der Waals surface area contributed by atoms with Crippen molar-refractivity contribution in [3.05, 3.63) is 35.3 Å². The number of carbonyl (C=O) groups excluding carboxylic acids is 2. The highest BCUT2D eigenvalue weighted by Gasteiger charge is 2.09. The van der Waals surface area contributed by atoms with Gasteiger partial charge in [-0.1, -0.05) is 0 Å². The zero-order chi connectivity index (χ0) is 16.7. The van der Waals surface area contributed by atoms with Crippen LogP contribution in [-0.2, 0) is 20.7 Å². The molecule has 1 aromatic carbocycles. The number of hydrogen-bond acceptors (Lipinski definition) is 5. The van der Waals surface area contributed by atoms with Crippen molar-refractivity contribution in [1.82, 2.24) is 10.3 Å². The van der Waals surface area contributed by atoms with E-state index in [9.17, 15) is 9.59 Å². The van der Waals surface area contributed by atoms with Crippen LogP contribution in [0.5, 0.6) is 0 Å². The minimum absolute atomic E-state index is 0.0695. The Balaban J connectivity index is 1.96. The van der Waals surface area contributed by atoms with Gasteiger partial charge in [-0.15, -0.1) is 11.3 Å². The van der Waals surface area contributed by atoms with E-state index in [-0.39, 0.29) is 18.2 Å². The molecule has 7 heteroatoms. The van der Waals surface area contributed by atoms with Crippen LogP contribution in [0.4, 0.5) is 5.69 Å². The van der Waals surface area contributed by atoms with Gasteiger partial charge in [0.05, 0.1) is 18.7 Å². The number of methoxy groups -OCH3 is 1. The van der Waals surface area contributed by atoms with Crippen molar-refractivity contribution in [1.29, 1.82) is 0 Å². The van der Waals surface area contributed by atoms with Crippen LogP contribution in [0.1, 0.15) is 12.6 Å². The molecule has 0 aliphatic heterocycles. The fourth-order valence-corrected chi connectivity index (χ4v) is 2.77. The highest BCUT2D eigenvalue weighted by Crippen LogP contribution is 2.25. The Morgan fingerprint density at radius 2 is 2.00 bits per heavy atom. The number of carbonyl (C=O) groups is 2. The van der Waals surface area contributed by atoms with E-state index in [4.69, 9.17) is 4.74 Å². The minimum Gasteiger partial charge on any atom is -0.383 e. The van der Waals surface area contributed by atoms with Crippen LogP contribution in [0.3, 0.4) is 0 Å². The van der Waals surface area contributed by atoms with E-state index >= 15 is 0 Å². The number of thiazole rings is 1. The molecule has 0 saturated heterocycles. The van der Waals surface area contributed by atoms with Gasteiger partial charge >= 0.3 is 0 Å². The van der Waals surface area contributed by atoms with Gasteiger partial charge in [-0.3, -0.25) is 9.59 Å². The van der Waals surface area contributed by atoms with Crippen molar-refractivity contribution in [2.24, 2.45) is 0 Å². The Bertz CT molecular complexity index is 667. The average molecular weight is 333 g/mol. The van der Waals surface area contributed by atoms with Gasteiger partial charge in [0.1, 0.15) is 5.01 Å². The van der Waals surface area contributed by atoms with E-state index in [0.717, 1.165) is 22.0 Å². The number of ether oxygens (including phenoxy) is 1. The van der Waals surface area contributed by atoms with E-state index < -0.39 is 0 Å². The molecular weight excluding hydrogens is 314 g/mol. The highest BCUT2D eigenvalue weighted by molar-refractivity contribution is 7.13. The Morgan fingerprint density at radius 3 is 2.65 bits per heavy atom. The fraction of sp³-hybridized carbons (Fsp3) is 0.312. The second-order valence-electron chi connectivity index (χ2n) is 4.92. The molecule has 0 spiro atoms. The third-order valence-electron chi connectivity index (χ3n) is 2.97. The van der Waals surface area contributed by atoms with Crippen LogP contribution in [0.25, 0.3) is 10.6 Å². The second-order valence-corrected chi connectivity index (χ2v) is 5.78. The molecule has 122 valence electrons. The van der Waals surface area contributed by atoms with Gasteiger partial charge in [-0.25, -0.2) is 4.98 Å². The van der Waals surface area contributed by atoms with Crippen molar-refractivity contribution in [3.63, 3.8) is 0 Å². The Hall–Kier alpha value is -2.25. The van der Waals surface area contributed by atoms with E-state index in [1.54, 1.807) is 7.11 Å². The molecule has 23 heavy (non-hydrogen) atoms. The number of nitrogens with one attached hydrogen (secondary N) is 2. The molecule has 0 saturated carbocycles. The second kappa shape index (κ2) is 8.40. The van der Waals surface area contributed by atoms with Gasteiger partial charge in [-0.2, -0.15) is 0 Å².